The molecule has 0 heterocycles. The number of nitrogens with one attached hydrogen (secondary N) is 1. The van der Waals surface area contributed by atoms with Crippen molar-refractivity contribution in [2.45, 2.75) is 40.2 Å². The molecule has 2 N–H and O–H groups in total. The molecule has 0 aromatic heterocycles. The van der Waals surface area contributed by atoms with Crippen molar-refractivity contribution in [2.75, 3.05) is 6.61 Å². The first-order chi connectivity index (χ1) is 8.79. The molecule has 19 heavy (non-hydrogen) atoms. The fourth-order valence-electron chi connectivity index (χ4n) is 1.14. The highest BCUT2D eigenvalue weighted by molar-refractivity contribution is 5.93. The van der Waals surface area contributed by atoms with Crippen molar-refractivity contribution >= 4 is 5.91 Å². The molecule has 0 aliphatic rings. The Morgan fingerprint density at radius 1 is 1.42 bits per heavy atom. The number of halogens is 1. The fourth-order valence-corrected chi connectivity index (χ4v) is 1.14. The minimum absolute atomic E-state index is 0.0772. The van der Waals surface area contributed by atoms with Crippen LogP contribution in [0.3, 0.4) is 0 Å². The number of benzene rings is 1. The molecule has 0 bridgehead atoms. The van der Waals surface area contributed by atoms with E-state index in [0.29, 0.717) is 0 Å². The van der Waals surface area contributed by atoms with E-state index < -0.39 is 17.3 Å². The van der Waals surface area contributed by atoms with Crippen LogP contribution < -0.4 is 5.48 Å². The smallest absolute Gasteiger partial charge is 0.277 e. The van der Waals surface area contributed by atoms with Gasteiger partial charge in [-0.2, -0.15) is 0 Å². The van der Waals surface area contributed by atoms with Crippen LogP contribution in [0.1, 0.15) is 43.6 Å². The summed E-state index contributed by atoms with van der Waals surface area (Å²) >= 11 is 0. The molecule has 0 spiro atoms. The van der Waals surface area contributed by atoms with Crippen LogP contribution in [-0.2, 0) is 4.84 Å². The average molecular weight is 271 g/mol. The molecule has 0 aliphatic heterocycles. The summed E-state index contributed by atoms with van der Waals surface area (Å²) in [6.07, 6.45) is 0. The molecule has 0 aliphatic carbocycles. The van der Waals surface area contributed by atoms with E-state index in [4.69, 9.17) is 4.84 Å². The minimum atomic E-state index is -1.06. The second kappa shape index (κ2) is 7.86. The van der Waals surface area contributed by atoms with Crippen LogP contribution in [0.4, 0.5) is 4.39 Å². The van der Waals surface area contributed by atoms with Gasteiger partial charge in [0.05, 0.1) is 11.2 Å². The Kier molecular flexibility index (Phi) is 7.26. The summed E-state index contributed by atoms with van der Waals surface area (Å²) in [5.74, 6) is -1.28. The van der Waals surface area contributed by atoms with Crippen molar-refractivity contribution < 1.29 is 19.1 Å². The molecule has 0 saturated heterocycles. The van der Waals surface area contributed by atoms with Crippen LogP contribution in [0, 0.1) is 12.7 Å². The maximum Gasteiger partial charge on any atom is 0.277 e. The zero-order chi connectivity index (χ0) is 15.1. The highest BCUT2D eigenvalue weighted by Gasteiger charge is 2.15. The molecule has 0 atom stereocenters. The first-order valence-electron chi connectivity index (χ1n) is 6.20. The maximum absolute atomic E-state index is 13.4. The molecule has 1 aromatic rings. The highest BCUT2D eigenvalue weighted by atomic mass is 19.1. The molecule has 1 rings (SSSR count). The van der Waals surface area contributed by atoms with E-state index in [0.717, 1.165) is 5.56 Å². The molecule has 0 unspecified atom stereocenters. The Balaban J connectivity index is 0.00000154. The number of rotatable bonds is 4. The van der Waals surface area contributed by atoms with Crippen LogP contribution in [-0.4, -0.2) is 23.2 Å². The molecule has 5 heteroatoms. The van der Waals surface area contributed by atoms with Gasteiger partial charge in [-0.15, -0.1) is 0 Å². The normalized spacial score (nSPS) is 10.5. The lowest BCUT2D eigenvalue weighted by Gasteiger charge is -2.16. The number of carbonyl (C=O) groups is 1. The van der Waals surface area contributed by atoms with Crippen molar-refractivity contribution in [3.63, 3.8) is 0 Å². The lowest BCUT2D eigenvalue weighted by Crippen LogP contribution is -2.33. The van der Waals surface area contributed by atoms with Crippen molar-refractivity contribution in [1.29, 1.82) is 0 Å². The Morgan fingerprint density at radius 2 is 2.00 bits per heavy atom. The summed E-state index contributed by atoms with van der Waals surface area (Å²) in [6.45, 7) is 8.72. The predicted octanol–water partition coefficient (Wildman–Crippen LogP) is 2.59. The Labute approximate surface area is 113 Å². The quantitative estimate of drug-likeness (QED) is 0.828. The lowest BCUT2D eigenvalue weighted by molar-refractivity contribution is -0.0523. The maximum atomic E-state index is 13.4. The predicted molar refractivity (Wildman–Crippen MR) is 72.2 cm³/mol. The standard InChI is InChI=1S/C12H16FNO3.C2H6/c1-8-4-5-9(10(13)6-8)11(15)14-17-7-12(2,3)16;1-2/h4-6,16H,7H2,1-3H3,(H,14,15);1-2H3. The molecular weight excluding hydrogens is 249 g/mol. The van der Waals surface area contributed by atoms with Gasteiger partial charge >= 0.3 is 0 Å². The first kappa shape index (κ1) is 17.5. The fraction of sp³-hybridized carbons (Fsp3) is 0.500. The van der Waals surface area contributed by atoms with Crippen molar-refractivity contribution in [3.05, 3.63) is 35.1 Å². The van der Waals surface area contributed by atoms with E-state index in [9.17, 15) is 14.3 Å². The third kappa shape index (κ3) is 6.88. The third-order valence-corrected chi connectivity index (χ3v) is 1.96. The van der Waals surface area contributed by atoms with Gasteiger partial charge in [-0.1, -0.05) is 19.9 Å². The summed E-state index contributed by atoms with van der Waals surface area (Å²) in [5.41, 5.74) is 1.66. The summed E-state index contributed by atoms with van der Waals surface area (Å²) in [4.78, 5) is 16.3. The Bertz CT molecular complexity index is 414. The SMILES string of the molecule is CC.Cc1ccc(C(=O)NOCC(C)(C)O)c(F)c1. The monoisotopic (exact) mass is 271 g/mol. The Hall–Kier alpha value is -1.46. The Morgan fingerprint density at radius 3 is 2.47 bits per heavy atom. The zero-order valence-corrected chi connectivity index (χ0v) is 12.1. The highest BCUT2D eigenvalue weighted by Crippen LogP contribution is 2.09. The number of hydrogen-bond acceptors (Lipinski definition) is 3. The molecule has 0 fully saturated rings. The molecule has 108 valence electrons. The van der Waals surface area contributed by atoms with Gasteiger partial charge in [0.1, 0.15) is 12.4 Å². The van der Waals surface area contributed by atoms with Gasteiger partial charge in [-0.25, -0.2) is 9.87 Å². The van der Waals surface area contributed by atoms with Crippen LogP contribution in [0.2, 0.25) is 0 Å². The van der Waals surface area contributed by atoms with Crippen molar-refractivity contribution in [3.8, 4) is 0 Å². The largest absolute Gasteiger partial charge is 0.388 e. The van der Waals surface area contributed by atoms with E-state index in [1.165, 1.54) is 26.0 Å². The summed E-state index contributed by atoms with van der Waals surface area (Å²) < 4.78 is 13.4. The van der Waals surface area contributed by atoms with Gasteiger partial charge in [-0.3, -0.25) is 9.63 Å². The number of hydrogen-bond donors (Lipinski definition) is 2. The summed E-state index contributed by atoms with van der Waals surface area (Å²) in [7, 11) is 0. The van der Waals surface area contributed by atoms with Gasteiger partial charge in [0.2, 0.25) is 0 Å². The van der Waals surface area contributed by atoms with Gasteiger partial charge in [0, 0.05) is 0 Å². The number of aliphatic hydroxyl groups is 1. The molecule has 0 radical (unpaired) electrons. The summed E-state index contributed by atoms with van der Waals surface area (Å²) in [6, 6.07) is 4.28. The topological polar surface area (TPSA) is 58.6 Å². The van der Waals surface area contributed by atoms with Crippen LogP contribution in [0.25, 0.3) is 0 Å². The van der Waals surface area contributed by atoms with E-state index in [-0.39, 0.29) is 12.2 Å². The van der Waals surface area contributed by atoms with Crippen LogP contribution >= 0.6 is 0 Å². The van der Waals surface area contributed by atoms with Crippen LogP contribution in [0.5, 0.6) is 0 Å². The van der Waals surface area contributed by atoms with Gasteiger partial charge in [-0.05, 0) is 38.5 Å². The molecular formula is C14H22FNO3. The second-order valence-electron chi connectivity index (χ2n) is 4.52. The van der Waals surface area contributed by atoms with E-state index in [1.807, 2.05) is 13.8 Å². The van der Waals surface area contributed by atoms with Crippen molar-refractivity contribution in [1.82, 2.24) is 5.48 Å². The van der Waals surface area contributed by atoms with Crippen molar-refractivity contribution in [2.24, 2.45) is 0 Å². The molecule has 4 nitrogen and oxygen atoms in total. The molecule has 0 saturated carbocycles. The number of carbonyl (C=O) groups excluding carboxylic acids is 1. The first-order valence-corrected chi connectivity index (χ1v) is 6.20. The lowest BCUT2D eigenvalue weighted by atomic mass is 10.1. The number of amides is 1. The minimum Gasteiger partial charge on any atom is -0.388 e. The third-order valence-electron chi connectivity index (χ3n) is 1.96. The number of aryl methyl sites for hydroxylation is 1. The van der Waals surface area contributed by atoms with E-state index >= 15 is 0 Å². The second-order valence-corrected chi connectivity index (χ2v) is 4.52. The van der Waals surface area contributed by atoms with Gasteiger partial charge in [0.25, 0.3) is 5.91 Å². The molecule has 1 amide bonds. The average Bonchev–Trinajstić information content (AvgIpc) is 2.29. The van der Waals surface area contributed by atoms with Crippen LogP contribution in [0.15, 0.2) is 18.2 Å². The molecule has 1 aromatic carbocycles. The summed E-state index contributed by atoms with van der Waals surface area (Å²) in [5, 5.41) is 9.34. The van der Waals surface area contributed by atoms with E-state index in [2.05, 4.69) is 5.48 Å². The van der Waals surface area contributed by atoms with E-state index in [1.54, 1.807) is 13.0 Å². The van der Waals surface area contributed by atoms with Gasteiger partial charge < -0.3 is 5.11 Å². The zero-order valence-electron chi connectivity index (χ0n) is 12.1. The number of hydroxylamine groups is 1. The van der Waals surface area contributed by atoms with Gasteiger partial charge in [0.15, 0.2) is 0 Å².